The zero-order valence-electron chi connectivity index (χ0n) is 20.6. The van der Waals surface area contributed by atoms with Gasteiger partial charge < -0.3 is 20.3 Å². The summed E-state index contributed by atoms with van der Waals surface area (Å²) >= 11 is 0. The molecule has 0 aliphatic carbocycles. The molecule has 5 aromatic rings. The van der Waals surface area contributed by atoms with Gasteiger partial charge in [-0.05, 0) is 67.6 Å². The van der Waals surface area contributed by atoms with Gasteiger partial charge in [0.1, 0.15) is 22.7 Å². The van der Waals surface area contributed by atoms with Crippen LogP contribution >= 0.6 is 0 Å². The summed E-state index contributed by atoms with van der Waals surface area (Å²) in [4.78, 5) is 41.3. The number of fused-ring (bicyclic) bond motifs is 3. The Labute approximate surface area is 217 Å². The molecule has 3 aromatic carbocycles. The van der Waals surface area contributed by atoms with Crippen molar-refractivity contribution in [3.63, 3.8) is 0 Å². The number of hydrogen-bond acceptors (Lipinski definition) is 5. The van der Waals surface area contributed by atoms with Gasteiger partial charge in [-0.15, -0.1) is 0 Å². The van der Waals surface area contributed by atoms with Crippen LogP contribution < -0.4 is 5.56 Å². The van der Waals surface area contributed by atoms with Gasteiger partial charge in [0.15, 0.2) is 0 Å². The van der Waals surface area contributed by atoms with E-state index in [1.54, 1.807) is 19.1 Å². The zero-order chi connectivity index (χ0) is 28.8. The smallest absolute Gasteiger partial charge is 0.490 e. The van der Waals surface area contributed by atoms with E-state index in [-0.39, 0.29) is 16.9 Å². The number of benzene rings is 3. The highest BCUT2D eigenvalue weighted by molar-refractivity contribution is 6.10. The monoisotopic (exact) mass is 542 g/mol. The predicted octanol–water partition coefficient (Wildman–Crippen LogP) is 4.82. The number of aromatic hydroxyl groups is 1. The molecule has 0 aliphatic rings. The third-order valence-electron chi connectivity index (χ3n) is 6.09. The number of aromatic carboxylic acids is 1. The minimum Gasteiger partial charge on any atom is -0.507 e. The quantitative estimate of drug-likeness (QED) is 0.218. The average molecular weight is 542 g/mol. The molecule has 0 unspecified atom stereocenters. The Bertz CT molecular complexity index is 1830. The molecule has 2 heterocycles. The third kappa shape index (κ3) is 5.06. The highest BCUT2D eigenvalue weighted by Gasteiger charge is 2.38. The topological polar surface area (TPSA) is 161 Å². The third-order valence-corrected chi connectivity index (χ3v) is 6.09. The first kappa shape index (κ1) is 27.0. The maximum atomic E-state index is 13.3. The van der Waals surface area contributed by atoms with Crippen molar-refractivity contribution in [1.29, 1.82) is 0 Å². The van der Waals surface area contributed by atoms with Crippen molar-refractivity contribution in [3.05, 3.63) is 75.2 Å². The van der Waals surface area contributed by atoms with Crippen LogP contribution in [0.3, 0.4) is 0 Å². The number of carboxylic acid groups (broad SMARTS) is 2. The number of carboxylic acids is 2. The number of aryl methyl sites for hydroxylation is 3. The number of H-pyrrole nitrogens is 2. The molecule has 0 saturated carbocycles. The molecule has 0 fully saturated rings. The summed E-state index contributed by atoms with van der Waals surface area (Å²) < 4.78 is 33.2. The summed E-state index contributed by atoms with van der Waals surface area (Å²) in [5.74, 6) is -3.69. The summed E-state index contributed by atoms with van der Waals surface area (Å²) in [5.41, 5.74) is 4.83. The average Bonchev–Trinajstić information content (AvgIpc) is 3.39. The lowest BCUT2D eigenvalue weighted by Gasteiger charge is -2.05. The van der Waals surface area contributed by atoms with Gasteiger partial charge >= 0.3 is 18.1 Å². The van der Waals surface area contributed by atoms with Crippen molar-refractivity contribution in [2.75, 3.05) is 0 Å². The van der Waals surface area contributed by atoms with Gasteiger partial charge in [-0.3, -0.25) is 9.89 Å². The Morgan fingerprint density at radius 3 is 2.23 bits per heavy atom. The van der Waals surface area contributed by atoms with E-state index >= 15 is 0 Å². The van der Waals surface area contributed by atoms with Crippen molar-refractivity contribution < 1.29 is 38.1 Å². The molecule has 0 radical (unpaired) electrons. The molecule has 0 amide bonds. The number of rotatable bonds is 3. The number of phenols is 1. The maximum absolute atomic E-state index is 13.3. The first-order chi connectivity index (χ1) is 18.2. The summed E-state index contributed by atoms with van der Waals surface area (Å²) in [7, 11) is 0. The standard InChI is InChI=1S/C24H20N4O4.C2HF3O2/c1-11-4-6-16(8-12(11)2)28-23(30)19(13(3)27-28)22-25-17-7-5-14-9-15(24(31)32)10-18(29)20(14)21(17)26-22;3-2(4,5)1(6)7/h4-10,27,29H,1-3H3,(H,25,26)(H,31,32);(H,6,7). The number of hydrogen-bond donors (Lipinski definition) is 5. The van der Waals surface area contributed by atoms with Crippen molar-refractivity contribution in [2.24, 2.45) is 0 Å². The second-order valence-corrected chi connectivity index (χ2v) is 8.77. The molecule has 0 bridgehead atoms. The molecule has 0 saturated heterocycles. The van der Waals surface area contributed by atoms with Gasteiger partial charge in [0, 0.05) is 5.69 Å². The van der Waals surface area contributed by atoms with E-state index in [0.29, 0.717) is 38.9 Å². The van der Waals surface area contributed by atoms with Gasteiger partial charge in [-0.25, -0.2) is 19.3 Å². The Balaban J connectivity index is 0.000000448. The second kappa shape index (κ2) is 9.67. The number of imidazole rings is 1. The molecule has 10 nitrogen and oxygen atoms in total. The van der Waals surface area contributed by atoms with Gasteiger partial charge in [-0.1, -0.05) is 12.1 Å². The molecule has 5 rings (SSSR count). The zero-order valence-corrected chi connectivity index (χ0v) is 20.6. The SMILES string of the molecule is Cc1ccc(-n2[nH]c(C)c(-c3nc4c(ccc5cc(C(=O)O)cc(O)c54)[nH]3)c2=O)cc1C.O=C(O)C(F)(F)F. The van der Waals surface area contributed by atoms with Crippen molar-refractivity contribution >= 4 is 33.7 Å². The molecule has 202 valence electrons. The normalized spacial score (nSPS) is 11.4. The summed E-state index contributed by atoms with van der Waals surface area (Å²) in [5, 5.41) is 31.0. The number of phenolic OH excluding ortho intramolecular Hbond substituents is 1. The van der Waals surface area contributed by atoms with Crippen LogP contribution in [0.15, 0.2) is 47.3 Å². The summed E-state index contributed by atoms with van der Waals surface area (Å²) in [6.07, 6.45) is -5.08. The molecule has 0 aliphatic heterocycles. The Morgan fingerprint density at radius 1 is 0.974 bits per heavy atom. The van der Waals surface area contributed by atoms with Crippen LogP contribution in [0.4, 0.5) is 13.2 Å². The van der Waals surface area contributed by atoms with Crippen LogP contribution in [0.25, 0.3) is 38.9 Å². The number of aromatic nitrogens is 4. The van der Waals surface area contributed by atoms with Crippen LogP contribution in [-0.4, -0.2) is 53.2 Å². The first-order valence-electron chi connectivity index (χ1n) is 11.3. The minimum absolute atomic E-state index is 0.0112. The van der Waals surface area contributed by atoms with E-state index in [4.69, 9.17) is 9.90 Å². The highest BCUT2D eigenvalue weighted by atomic mass is 19.4. The number of carbonyl (C=O) groups is 2. The lowest BCUT2D eigenvalue weighted by molar-refractivity contribution is -0.192. The molecule has 2 aromatic heterocycles. The van der Waals surface area contributed by atoms with E-state index in [1.165, 1.54) is 16.8 Å². The molecule has 0 atom stereocenters. The fourth-order valence-corrected chi connectivity index (χ4v) is 4.02. The van der Waals surface area contributed by atoms with E-state index in [0.717, 1.165) is 16.8 Å². The van der Waals surface area contributed by atoms with Crippen molar-refractivity contribution in [3.8, 4) is 22.8 Å². The highest BCUT2D eigenvalue weighted by Crippen LogP contribution is 2.34. The fourth-order valence-electron chi connectivity index (χ4n) is 4.02. The largest absolute Gasteiger partial charge is 0.507 e. The number of aromatic amines is 2. The molecule has 0 spiro atoms. The van der Waals surface area contributed by atoms with E-state index in [9.17, 15) is 33.0 Å². The Morgan fingerprint density at radius 2 is 1.64 bits per heavy atom. The maximum Gasteiger partial charge on any atom is 0.490 e. The number of halogens is 3. The summed E-state index contributed by atoms with van der Waals surface area (Å²) in [6, 6.07) is 11.9. The number of aliphatic carboxylic acids is 1. The molecule has 39 heavy (non-hydrogen) atoms. The van der Waals surface area contributed by atoms with Crippen molar-refractivity contribution in [2.45, 2.75) is 26.9 Å². The molecular weight excluding hydrogens is 521 g/mol. The van der Waals surface area contributed by atoms with Crippen LogP contribution in [0.1, 0.15) is 27.2 Å². The number of nitrogens with one attached hydrogen (secondary N) is 2. The minimum atomic E-state index is -5.08. The van der Waals surface area contributed by atoms with E-state index in [1.807, 2.05) is 32.0 Å². The lowest BCUT2D eigenvalue weighted by Crippen LogP contribution is -2.21. The van der Waals surface area contributed by atoms with Crippen LogP contribution in [0.2, 0.25) is 0 Å². The van der Waals surface area contributed by atoms with Crippen LogP contribution in [0, 0.1) is 20.8 Å². The van der Waals surface area contributed by atoms with E-state index in [2.05, 4.69) is 15.1 Å². The van der Waals surface area contributed by atoms with Gasteiger partial charge in [-0.2, -0.15) is 13.2 Å². The van der Waals surface area contributed by atoms with Gasteiger partial charge in [0.05, 0.1) is 22.2 Å². The van der Waals surface area contributed by atoms with Crippen LogP contribution in [0.5, 0.6) is 5.75 Å². The number of nitrogens with zero attached hydrogens (tertiary/aromatic N) is 2. The molecular formula is C26H21F3N4O6. The Hall–Kier alpha value is -5.07. The van der Waals surface area contributed by atoms with Crippen LogP contribution in [-0.2, 0) is 4.79 Å². The van der Waals surface area contributed by atoms with Gasteiger partial charge in [0.25, 0.3) is 5.56 Å². The van der Waals surface area contributed by atoms with Crippen molar-refractivity contribution in [1.82, 2.24) is 19.7 Å². The second-order valence-electron chi connectivity index (χ2n) is 8.77. The summed E-state index contributed by atoms with van der Waals surface area (Å²) in [6.45, 7) is 5.81. The first-order valence-corrected chi connectivity index (χ1v) is 11.3. The fraction of sp³-hybridized carbons (Fsp3) is 0.154. The lowest BCUT2D eigenvalue weighted by atomic mass is 10.0. The van der Waals surface area contributed by atoms with E-state index < -0.39 is 18.1 Å². The predicted molar refractivity (Wildman–Crippen MR) is 136 cm³/mol. The molecule has 5 N–H and O–H groups in total. The molecule has 13 heteroatoms. The Kier molecular flexibility index (Phi) is 6.69. The number of alkyl halides is 3. The van der Waals surface area contributed by atoms with Gasteiger partial charge in [0.2, 0.25) is 0 Å².